The molecule has 1 N–H and O–H groups in total. The Morgan fingerprint density at radius 2 is 1.90 bits per heavy atom. The number of pyridine rings is 1. The van der Waals surface area contributed by atoms with Crippen molar-refractivity contribution in [3.05, 3.63) is 68.7 Å². The molecule has 4 rings (SSSR count). The van der Waals surface area contributed by atoms with Crippen LogP contribution in [0.3, 0.4) is 0 Å². The zero-order valence-electron chi connectivity index (χ0n) is 16.3. The summed E-state index contributed by atoms with van der Waals surface area (Å²) in [5.74, 6) is -1.34. The van der Waals surface area contributed by atoms with Gasteiger partial charge in [0, 0.05) is 33.3 Å². The first-order valence-corrected chi connectivity index (χ1v) is 9.19. The fraction of sp³-hybridized carbons (Fsp3) is 0.250. The van der Waals surface area contributed by atoms with Crippen molar-refractivity contribution in [1.82, 2.24) is 19.4 Å². The summed E-state index contributed by atoms with van der Waals surface area (Å²) in [7, 11) is 2.83. The van der Waals surface area contributed by atoms with Crippen LogP contribution < -0.4 is 21.5 Å². The number of halogens is 1. The van der Waals surface area contributed by atoms with E-state index in [2.05, 4.69) is 10.3 Å². The molecule has 0 bridgehead atoms. The molecule has 154 valence electrons. The van der Waals surface area contributed by atoms with E-state index < -0.39 is 29.0 Å². The summed E-state index contributed by atoms with van der Waals surface area (Å²) in [6.07, 6.45) is 1.29. The van der Waals surface area contributed by atoms with Gasteiger partial charge in [-0.3, -0.25) is 23.5 Å². The summed E-state index contributed by atoms with van der Waals surface area (Å²) in [6, 6.07) is 6.78. The molecule has 0 spiro atoms. The Morgan fingerprint density at radius 1 is 1.17 bits per heavy atom. The third kappa shape index (κ3) is 3.15. The summed E-state index contributed by atoms with van der Waals surface area (Å²) in [6.45, 7) is 0.128. The highest BCUT2D eigenvalue weighted by molar-refractivity contribution is 6.00. The summed E-state index contributed by atoms with van der Waals surface area (Å²) in [4.78, 5) is 54.7. The van der Waals surface area contributed by atoms with E-state index in [1.165, 1.54) is 54.0 Å². The predicted octanol–water partition coefficient (Wildman–Crippen LogP) is 0.307. The number of anilines is 1. The minimum Gasteiger partial charge on any atom is -0.347 e. The van der Waals surface area contributed by atoms with E-state index in [0.29, 0.717) is 0 Å². The van der Waals surface area contributed by atoms with E-state index in [1.54, 1.807) is 6.07 Å². The number of hydrogen-bond donors (Lipinski definition) is 1. The molecule has 10 heteroatoms. The van der Waals surface area contributed by atoms with Gasteiger partial charge in [0.1, 0.15) is 11.5 Å². The fourth-order valence-electron chi connectivity index (χ4n) is 3.57. The van der Waals surface area contributed by atoms with Gasteiger partial charge in [0.2, 0.25) is 5.91 Å². The van der Waals surface area contributed by atoms with Gasteiger partial charge in [-0.1, -0.05) is 12.1 Å². The zero-order valence-corrected chi connectivity index (χ0v) is 16.3. The number of hydrogen-bond acceptors (Lipinski definition) is 5. The molecule has 0 aliphatic carbocycles. The molecule has 1 aromatic carbocycles. The van der Waals surface area contributed by atoms with Gasteiger partial charge in [-0.15, -0.1) is 0 Å². The van der Waals surface area contributed by atoms with Crippen LogP contribution in [0.1, 0.15) is 16.8 Å². The van der Waals surface area contributed by atoms with Crippen molar-refractivity contribution in [2.75, 3.05) is 11.4 Å². The van der Waals surface area contributed by atoms with Crippen molar-refractivity contribution in [2.45, 2.75) is 12.5 Å². The quantitative estimate of drug-likeness (QED) is 0.668. The van der Waals surface area contributed by atoms with E-state index in [0.717, 1.165) is 4.57 Å². The van der Waals surface area contributed by atoms with E-state index in [4.69, 9.17) is 0 Å². The number of carbonyl (C=O) groups is 2. The number of carbonyl (C=O) groups excluding carboxylic acids is 2. The normalized spacial score (nSPS) is 16.3. The maximum absolute atomic E-state index is 14.0. The zero-order chi connectivity index (χ0) is 21.6. The molecule has 1 unspecified atom stereocenters. The molecule has 3 aromatic rings. The first-order chi connectivity index (χ1) is 14.3. The first-order valence-electron chi connectivity index (χ1n) is 9.19. The number of nitrogens with one attached hydrogen (secondary N) is 1. The molecule has 1 fully saturated rings. The molecule has 0 radical (unpaired) electrons. The van der Waals surface area contributed by atoms with Crippen molar-refractivity contribution in [1.29, 1.82) is 0 Å². The molecule has 3 heterocycles. The van der Waals surface area contributed by atoms with Gasteiger partial charge in [-0.05, 0) is 18.2 Å². The Kier molecular flexibility index (Phi) is 4.69. The molecule has 1 atom stereocenters. The van der Waals surface area contributed by atoms with E-state index in [-0.39, 0.29) is 41.2 Å². The number of benzene rings is 1. The maximum atomic E-state index is 14.0. The Bertz CT molecular complexity index is 1310. The van der Waals surface area contributed by atoms with Crippen LogP contribution in [0.2, 0.25) is 0 Å². The highest BCUT2D eigenvalue weighted by Gasteiger charge is 2.33. The highest BCUT2D eigenvalue weighted by Crippen LogP contribution is 2.24. The van der Waals surface area contributed by atoms with Crippen LogP contribution in [0.15, 0.2) is 46.1 Å². The topological polar surface area (TPSA) is 106 Å². The number of amides is 2. The average molecular weight is 411 g/mol. The molecule has 1 aliphatic rings. The molecule has 1 saturated heterocycles. The average Bonchev–Trinajstić information content (AvgIpc) is 3.10. The smallest absolute Gasteiger partial charge is 0.332 e. The number of rotatable bonds is 3. The number of fused-ring (bicyclic) bond motifs is 1. The standard InChI is InChI=1S/C20H18FN5O4/c1-24-17-13(19(29)25(2)20(24)30)7-11(9-22-17)18(28)23-12-8-16(27)26(10-12)15-6-4-3-5-14(15)21/h3-7,9,12H,8,10H2,1-2H3,(H,23,28). The summed E-state index contributed by atoms with van der Waals surface area (Å²) >= 11 is 0. The summed E-state index contributed by atoms with van der Waals surface area (Å²) in [5.41, 5.74) is -0.626. The van der Waals surface area contributed by atoms with E-state index >= 15 is 0 Å². The Morgan fingerprint density at radius 3 is 2.63 bits per heavy atom. The lowest BCUT2D eigenvalue weighted by Crippen LogP contribution is -2.38. The molecule has 0 saturated carbocycles. The second-order valence-electron chi connectivity index (χ2n) is 7.13. The molecule has 9 nitrogen and oxygen atoms in total. The molecule has 1 aliphatic heterocycles. The molecule has 2 aromatic heterocycles. The van der Waals surface area contributed by atoms with Crippen molar-refractivity contribution in [3.8, 4) is 0 Å². The Balaban J connectivity index is 1.58. The third-order valence-electron chi connectivity index (χ3n) is 5.16. The largest absolute Gasteiger partial charge is 0.347 e. The number of aryl methyl sites for hydroxylation is 1. The minimum absolute atomic E-state index is 0.0252. The van der Waals surface area contributed by atoms with E-state index in [9.17, 15) is 23.6 Å². The minimum atomic E-state index is -0.558. The van der Waals surface area contributed by atoms with Crippen LogP contribution in [0, 0.1) is 5.82 Å². The van der Waals surface area contributed by atoms with Gasteiger partial charge < -0.3 is 10.2 Å². The van der Waals surface area contributed by atoms with Crippen LogP contribution in [0.5, 0.6) is 0 Å². The highest BCUT2D eigenvalue weighted by atomic mass is 19.1. The third-order valence-corrected chi connectivity index (χ3v) is 5.16. The molecule has 2 amide bonds. The lowest BCUT2D eigenvalue weighted by atomic mass is 10.2. The van der Waals surface area contributed by atoms with Crippen molar-refractivity contribution < 1.29 is 14.0 Å². The SMILES string of the molecule is Cn1c(=O)c2cc(C(=O)NC3CC(=O)N(c4ccccc4F)C3)cnc2n(C)c1=O. The lowest BCUT2D eigenvalue weighted by Gasteiger charge is -2.18. The lowest BCUT2D eigenvalue weighted by molar-refractivity contribution is -0.117. The monoisotopic (exact) mass is 411 g/mol. The van der Waals surface area contributed by atoms with Crippen LogP contribution in [-0.4, -0.2) is 38.5 Å². The van der Waals surface area contributed by atoms with Crippen LogP contribution >= 0.6 is 0 Å². The molecular formula is C20H18FN5O4. The molecular weight excluding hydrogens is 393 g/mol. The summed E-state index contributed by atoms with van der Waals surface area (Å²) in [5, 5.41) is 2.86. The van der Waals surface area contributed by atoms with Crippen molar-refractivity contribution >= 4 is 28.5 Å². The predicted molar refractivity (Wildman–Crippen MR) is 107 cm³/mol. The van der Waals surface area contributed by atoms with Gasteiger partial charge in [0.25, 0.3) is 11.5 Å². The van der Waals surface area contributed by atoms with Crippen molar-refractivity contribution in [2.24, 2.45) is 14.1 Å². The van der Waals surface area contributed by atoms with Gasteiger partial charge in [-0.25, -0.2) is 14.2 Å². The Hall–Kier alpha value is -3.82. The summed E-state index contributed by atoms with van der Waals surface area (Å²) < 4.78 is 16.2. The van der Waals surface area contributed by atoms with Gasteiger partial charge in [0.15, 0.2) is 0 Å². The van der Waals surface area contributed by atoms with Crippen LogP contribution in [0.25, 0.3) is 11.0 Å². The second kappa shape index (κ2) is 7.21. The Labute approximate surface area is 169 Å². The van der Waals surface area contributed by atoms with E-state index in [1.807, 2.05) is 0 Å². The molecule has 30 heavy (non-hydrogen) atoms. The number of para-hydroxylation sites is 1. The van der Waals surface area contributed by atoms with Crippen LogP contribution in [0.4, 0.5) is 10.1 Å². The first kappa shape index (κ1) is 19.5. The van der Waals surface area contributed by atoms with Gasteiger partial charge in [0.05, 0.1) is 22.7 Å². The van der Waals surface area contributed by atoms with Gasteiger partial charge in [-0.2, -0.15) is 0 Å². The number of aromatic nitrogens is 3. The van der Waals surface area contributed by atoms with Gasteiger partial charge >= 0.3 is 5.69 Å². The number of nitrogens with zero attached hydrogens (tertiary/aromatic N) is 4. The fourth-order valence-corrected chi connectivity index (χ4v) is 3.57. The van der Waals surface area contributed by atoms with Crippen molar-refractivity contribution in [3.63, 3.8) is 0 Å². The van der Waals surface area contributed by atoms with Crippen LogP contribution in [-0.2, 0) is 18.9 Å². The second-order valence-corrected chi connectivity index (χ2v) is 7.13. The maximum Gasteiger partial charge on any atom is 0.332 e.